The predicted molar refractivity (Wildman–Crippen MR) is 232 cm³/mol. The molecule has 0 aliphatic carbocycles. The van der Waals surface area contributed by atoms with E-state index in [0.29, 0.717) is 33.9 Å². The molecule has 0 unspecified atom stereocenters. The fraction of sp³-hybridized carbons (Fsp3) is 0.0196. The summed E-state index contributed by atoms with van der Waals surface area (Å²) in [7, 11) is 1.73. The van der Waals surface area contributed by atoms with Crippen LogP contribution in [0.25, 0.3) is 45.0 Å². The topological polar surface area (TPSA) is 37.2 Å². The van der Waals surface area contributed by atoms with Crippen LogP contribution in [-0.2, 0) is 7.05 Å². The number of benzene rings is 6. The SMILES string of the molecule is Cn1c(-c2ccc(N(c3ccc(-c4ccccc4)nc3)c3c(F)c(F)c(F)c(F)c3F)cc2)ccc1-c1ccc(N(c2ccc(-c3ccccc3)nc2)c2c(F)c(F)c(F)c(F)c2F)cc1. The van der Waals surface area contributed by atoms with Crippen LogP contribution in [0, 0.1) is 58.2 Å². The third kappa shape index (κ3) is 7.57. The predicted octanol–water partition coefficient (Wildman–Crippen LogP) is 14.8. The van der Waals surface area contributed by atoms with Crippen molar-refractivity contribution in [2.75, 3.05) is 9.80 Å². The number of anilines is 6. The van der Waals surface area contributed by atoms with E-state index in [2.05, 4.69) is 9.97 Å². The van der Waals surface area contributed by atoms with Crippen molar-refractivity contribution in [2.24, 2.45) is 7.05 Å². The zero-order chi connectivity index (χ0) is 46.4. The van der Waals surface area contributed by atoms with Gasteiger partial charge in [-0.1, -0.05) is 84.9 Å². The molecule has 328 valence electrons. The van der Waals surface area contributed by atoms with Gasteiger partial charge in [0.2, 0.25) is 11.6 Å². The molecule has 9 aromatic rings. The van der Waals surface area contributed by atoms with Crippen LogP contribution in [0.5, 0.6) is 0 Å². The molecular weight excluding hydrogens is 873 g/mol. The minimum atomic E-state index is -2.30. The summed E-state index contributed by atoms with van der Waals surface area (Å²) in [5.41, 5.74) is 2.44. The Balaban J connectivity index is 1.06. The van der Waals surface area contributed by atoms with Crippen molar-refractivity contribution in [2.45, 2.75) is 0 Å². The minimum absolute atomic E-state index is 0.00515. The maximum absolute atomic E-state index is 15.5. The maximum atomic E-state index is 15.5. The number of nitrogens with zero attached hydrogens (tertiary/aromatic N) is 5. The molecule has 9 rings (SSSR count). The molecule has 0 spiro atoms. The van der Waals surface area contributed by atoms with Crippen LogP contribution < -0.4 is 9.80 Å². The molecule has 0 fully saturated rings. The third-order valence-corrected chi connectivity index (χ3v) is 10.9. The number of hydrogen-bond acceptors (Lipinski definition) is 4. The van der Waals surface area contributed by atoms with Gasteiger partial charge in [0.05, 0.1) is 35.2 Å². The van der Waals surface area contributed by atoms with Crippen LogP contribution in [0.3, 0.4) is 0 Å². The van der Waals surface area contributed by atoms with Crippen molar-refractivity contribution in [1.82, 2.24) is 14.5 Å². The molecule has 0 atom stereocenters. The van der Waals surface area contributed by atoms with E-state index >= 15 is 17.6 Å². The van der Waals surface area contributed by atoms with Crippen molar-refractivity contribution >= 4 is 34.1 Å². The lowest BCUT2D eigenvalue weighted by atomic mass is 10.1. The van der Waals surface area contributed by atoms with Gasteiger partial charge in [0.25, 0.3) is 0 Å². The van der Waals surface area contributed by atoms with Gasteiger partial charge in [-0.2, -0.15) is 0 Å². The van der Waals surface area contributed by atoms with Crippen molar-refractivity contribution in [3.63, 3.8) is 0 Å². The molecule has 0 bridgehead atoms. The highest BCUT2D eigenvalue weighted by atomic mass is 19.2. The first-order valence-corrected chi connectivity index (χ1v) is 19.9. The number of rotatable bonds is 10. The molecule has 15 heteroatoms. The van der Waals surface area contributed by atoms with E-state index in [4.69, 9.17) is 0 Å². The molecule has 0 amide bonds. The van der Waals surface area contributed by atoms with Crippen molar-refractivity contribution in [3.8, 4) is 45.0 Å². The Bertz CT molecular complexity index is 2960. The molecule has 0 radical (unpaired) electrons. The lowest BCUT2D eigenvalue weighted by Crippen LogP contribution is -2.17. The first-order valence-electron chi connectivity index (χ1n) is 19.9. The Morgan fingerprint density at radius 3 is 0.924 bits per heavy atom. The summed E-state index contributed by atoms with van der Waals surface area (Å²) in [6.45, 7) is 0. The first kappa shape index (κ1) is 43.1. The lowest BCUT2D eigenvalue weighted by molar-refractivity contribution is 0.380. The summed E-state index contributed by atoms with van der Waals surface area (Å²) >= 11 is 0. The Morgan fingerprint density at radius 1 is 0.318 bits per heavy atom. The highest BCUT2D eigenvalue weighted by Crippen LogP contribution is 2.43. The van der Waals surface area contributed by atoms with Crippen LogP contribution >= 0.6 is 0 Å². The van der Waals surface area contributed by atoms with Gasteiger partial charge >= 0.3 is 0 Å². The normalized spacial score (nSPS) is 11.3. The Hall–Kier alpha value is -8.20. The molecule has 0 saturated carbocycles. The van der Waals surface area contributed by atoms with E-state index < -0.39 is 69.5 Å². The zero-order valence-electron chi connectivity index (χ0n) is 34.0. The summed E-state index contributed by atoms with van der Waals surface area (Å²) in [6, 6.07) is 39.5. The van der Waals surface area contributed by atoms with E-state index in [1.807, 2.05) is 12.1 Å². The van der Waals surface area contributed by atoms with Gasteiger partial charge < -0.3 is 14.4 Å². The molecule has 0 saturated heterocycles. The standard InChI is InChI=1S/C51H29F10N5/c1-64-38(30-12-16-32(17-13-30)65(50-46(58)42(54)40(52)43(55)47(50)59)34-20-22-36(62-26-34)28-8-4-2-5-9-28)24-25-39(64)31-14-18-33(19-15-31)66(51-48(60)44(56)41(53)45(57)49(51)61)35-21-23-37(63-27-35)29-10-6-3-7-11-29/h2-27H,1H3. The van der Waals surface area contributed by atoms with E-state index in [1.165, 1.54) is 48.8 Å². The van der Waals surface area contributed by atoms with Crippen LogP contribution in [0.1, 0.15) is 0 Å². The molecule has 3 heterocycles. The van der Waals surface area contributed by atoms with E-state index in [1.54, 1.807) is 109 Å². The smallest absolute Gasteiger partial charge is 0.200 e. The number of aromatic nitrogens is 3. The van der Waals surface area contributed by atoms with Gasteiger partial charge in [-0.3, -0.25) is 9.97 Å². The molecule has 0 aliphatic heterocycles. The third-order valence-electron chi connectivity index (χ3n) is 10.9. The largest absolute Gasteiger partial charge is 0.344 e. The van der Waals surface area contributed by atoms with Crippen molar-refractivity contribution < 1.29 is 43.9 Å². The van der Waals surface area contributed by atoms with E-state index in [9.17, 15) is 26.3 Å². The second-order valence-electron chi connectivity index (χ2n) is 14.8. The number of halogens is 10. The highest BCUT2D eigenvalue weighted by molar-refractivity contribution is 5.82. The monoisotopic (exact) mass is 901 g/mol. The van der Waals surface area contributed by atoms with Gasteiger partial charge in [0, 0.05) is 40.9 Å². The summed E-state index contributed by atoms with van der Waals surface area (Å²) in [6.07, 6.45) is 2.51. The molecule has 5 nitrogen and oxygen atoms in total. The van der Waals surface area contributed by atoms with Gasteiger partial charge in [-0.15, -0.1) is 0 Å². The van der Waals surface area contributed by atoms with Crippen LogP contribution in [0.2, 0.25) is 0 Å². The lowest BCUT2D eigenvalue weighted by Gasteiger charge is -2.26. The van der Waals surface area contributed by atoms with Crippen LogP contribution in [-0.4, -0.2) is 14.5 Å². The average Bonchev–Trinajstić information content (AvgIpc) is 3.75. The van der Waals surface area contributed by atoms with Gasteiger partial charge in [0.1, 0.15) is 11.4 Å². The Morgan fingerprint density at radius 2 is 0.621 bits per heavy atom. The second-order valence-corrected chi connectivity index (χ2v) is 14.8. The van der Waals surface area contributed by atoms with E-state index in [0.717, 1.165) is 20.9 Å². The molecule has 0 aliphatic rings. The van der Waals surface area contributed by atoms with Crippen LogP contribution in [0.15, 0.2) is 158 Å². The second kappa shape index (κ2) is 17.4. The molecule has 66 heavy (non-hydrogen) atoms. The highest BCUT2D eigenvalue weighted by Gasteiger charge is 2.33. The number of hydrogen-bond donors (Lipinski definition) is 0. The summed E-state index contributed by atoms with van der Waals surface area (Å²) in [5, 5.41) is 0. The quantitative estimate of drug-likeness (QED) is 0.0778. The first-order chi connectivity index (χ1) is 31.8. The summed E-state index contributed by atoms with van der Waals surface area (Å²) in [4.78, 5) is 10.5. The van der Waals surface area contributed by atoms with Crippen molar-refractivity contribution in [1.29, 1.82) is 0 Å². The van der Waals surface area contributed by atoms with Crippen molar-refractivity contribution in [3.05, 3.63) is 216 Å². The minimum Gasteiger partial charge on any atom is -0.344 e. The summed E-state index contributed by atoms with van der Waals surface area (Å²) < 4.78 is 151. The Kier molecular flexibility index (Phi) is 11.4. The average molecular weight is 902 g/mol. The molecule has 3 aromatic heterocycles. The fourth-order valence-electron chi connectivity index (χ4n) is 7.64. The zero-order valence-corrected chi connectivity index (χ0v) is 34.0. The molecule has 0 N–H and O–H groups in total. The Labute approximate surface area is 369 Å². The molecular formula is C51H29F10N5. The number of pyridine rings is 2. The van der Waals surface area contributed by atoms with Gasteiger partial charge in [0.15, 0.2) is 46.5 Å². The van der Waals surface area contributed by atoms with Crippen LogP contribution in [0.4, 0.5) is 78.0 Å². The van der Waals surface area contributed by atoms with Gasteiger partial charge in [-0.25, -0.2) is 43.9 Å². The van der Waals surface area contributed by atoms with Gasteiger partial charge in [-0.05, 0) is 71.8 Å². The fourth-order valence-corrected chi connectivity index (χ4v) is 7.64. The maximum Gasteiger partial charge on any atom is 0.200 e. The summed E-state index contributed by atoms with van der Waals surface area (Å²) in [5.74, 6) is -21.3. The molecule has 6 aromatic carbocycles. The van der Waals surface area contributed by atoms with E-state index in [-0.39, 0.29) is 22.7 Å².